The fraction of sp³-hybridized carbons (Fsp3) is 0.933. The molecule has 1 rings (SSSR count). The van der Waals surface area contributed by atoms with Gasteiger partial charge < -0.3 is 9.64 Å². The summed E-state index contributed by atoms with van der Waals surface area (Å²) >= 11 is 0. The Balaban J connectivity index is 2.46. The van der Waals surface area contributed by atoms with Crippen molar-refractivity contribution in [3.05, 3.63) is 0 Å². The largest absolute Gasteiger partial charge is 0.469 e. The maximum Gasteiger partial charge on any atom is 0.312 e. The SMILES string of the molecule is CCCC1CCCN(CC(C)(C)C(=O)OC)CC1. The van der Waals surface area contributed by atoms with Crippen molar-refractivity contribution >= 4 is 5.97 Å². The molecule has 0 aromatic carbocycles. The lowest BCUT2D eigenvalue weighted by atomic mass is 9.92. The summed E-state index contributed by atoms with van der Waals surface area (Å²) in [5.74, 6) is 0.790. The first kappa shape index (κ1) is 15.5. The van der Waals surface area contributed by atoms with Crippen molar-refractivity contribution in [1.29, 1.82) is 0 Å². The van der Waals surface area contributed by atoms with Crippen LogP contribution in [0.2, 0.25) is 0 Å². The average molecular weight is 255 g/mol. The molecule has 1 unspecified atom stereocenters. The van der Waals surface area contributed by atoms with Gasteiger partial charge in [0, 0.05) is 6.54 Å². The summed E-state index contributed by atoms with van der Waals surface area (Å²) in [6, 6.07) is 0. The van der Waals surface area contributed by atoms with Crippen LogP contribution in [0.25, 0.3) is 0 Å². The first-order valence-corrected chi connectivity index (χ1v) is 7.30. The number of nitrogens with zero attached hydrogens (tertiary/aromatic N) is 1. The van der Waals surface area contributed by atoms with Crippen LogP contribution < -0.4 is 0 Å². The molecule has 1 aliphatic rings. The summed E-state index contributed by atoms with van der Waals surface area (Å²) in [5.41, 5.74) is -0.390. The van der Waals surface area contributed by atoms with Crippen LogP contribution in [0.5, 0.6) is 0 Å². The highest BCUT2D eigenvalue weighted by atomic mass is 16.5. The van der Waals surface area contributed by atoms with Crippen molar-refractivity contribution in [3.8, 4) is 0 Å². The van der Waals surface area contributed by atoms with Gasteiger partial charge in [0.2, 0.25) is 0 Å². The van der Waals surface area contributed by atoms with Crippen LogP contribution in [0.15, 0.2) is 0 Å². The minimum absolute atomic E-state index is 0.100. The van der Waals surface area contributed by atoms with Gasteiger partial charge in [-0.05, 0) is 52.1 Å². The summed E-state index contributed by atoms with van der Waals surface area (Å²) in [5, 5.41) is 0. The highest BCUT2D eigenvalue weighted by Crippen LogP contribution is 2.25. The summed E-state index contributed by atoms with van der Waals surface area (Å²) in [6.45, 7) is 9.30. The number of carbonyl (C=O) groups excluding carboxylic acids is 1. The van der Waals surface area contributed by atoms with E-state index in [-0.39, 0.29) is 11.4 Å². The minimum atomic E-state index is -0.390. The van der Waals surface area contributed by atoms with Gasteiger partial charge in [0.05, 0.1) is 12.5 Å². The number of carbonyl (C=O) groups is 1. The van der Waals surface area contributed by atoms with Gasteiger partial charge in [-0.2, -0.15) is 0 Å². The summed E-state index contributed by atoms with van der Waals surface area (Å²) in [6.07, 6.45) is 6.54. The van der Waals surface area contributed by atoms with Crippen molar-refractivity contribution in [2.75, 3.05) is 26.7 Å². The second-order valence-electron chi connectivity index (χ2n) is 6.24. The molecular formula is C15H29NO2. The number of hydrogen-bond acceptors (Lipinski definition) is 3. The monoisotopic (exact) mass is 255 g/mol. The molecule has 1 fully saturated rings. The van der Waals surface area contributed by atoms with Crippen LogP contribution in [0.3, 0.4) is 0 Å². The Morgan fingerprint density at radius 3 is 2.67 bits per heavy atom. The molecule has 3 heteroatoms. The second kappa shape index (κ2) is 7.13. The molecule has 0 spiro atoms. The molecule has 18 heavy (non-hydrogen) atoms. The molecule has 0 aromatic rings. The molecule has 0 aliphatic carbocycles. The number of likely N-dealkylation sites (tertiary alicyclic amines) is 1. The fourth-order valence-electron chi connectivity index (χ4n) is 2.98. The molecule has 0 saturated carbocycles. The van der Waals surface area contributed by atoms with Gasteiger partial charge >= 0.3 is 5.97 Å². The second-order valence-corrected chi connectivity index (χ2v) is 6.24. The van der Waals surface area contributed by atoms with E-state index in [0.717, 1.165) is 25.6 Å². The fourth-order valence-corrected chi connectivity index (χ4v) is 2.98. The molecule has 0 radical (unpaired) electrons. The number of esters is 1. The number of methoxy groups -OCH3 is 1. The van der Waals surface area contributed by atoms with Gasteiger partial charge in [-0.25, -0.2) is 0 Å². The predicted molar refractivity (Wildman–Crippen MR) is 74.5 cm³/mol. The van der Waals surface area contributed by atoms with E-state index < -0.39 is 0 Å². The van der Waals surface area contributed by atoms with Crippen LogP contribution in [0.1, 0.15) is 52.9 Å². The van der Waals surface area contributed by atoms with Crippen LogP contribution in [0.4, 0.5) is 0 Å². The van der Waals surface area contributed by atoms with E-state index in [0.29, 0.717) is 0 Å². The Morgan fingerprint density at radius 2 is 2.06 bits per heavy atom. The topological polar surface area (TPSA) is 29.5 Å². The molecule has 1 aliphatic heterocycles. The van der Waals surface area contributed by atoms with Crippen molar-refractivity contribution < 1.29 is 9.53 Å². The van der Waals surface area contributed by atoms with E-state index in [9.17, 15) is 4.79 Å². The quantitative estimate of drug-likeness (QED) is 0.707. The van der Waals surface area contributed by atoms with Gasteiger partial charge in [0.15, 0.2) is 0 Å². The van der Waals surface area contributed by atoms with Crippen LogP contribution in [-0.4, -0.2) is 37.6 Å². The Labute approximate surface area is 112 Å². The number of hydrogen-bond donors (Lipinski definition) is 0. The Kier molecular flexibility index (Phi) is 6.13. The zero-order valence-electron chi connectivity index (χ0n) is 12.5. The third kappa shape index (κ3) is 4.60. The third-order valence-corrected chi connectivity index (χ3v) is 3.99. The van der Waals surface area contributed by atoms with Gasteiger partial charge in [-0.15, -0.1) is 0 Å². The minimum Gasteiger partial charge on any atom is -0.469 e. The third-order valence-electron chi connectivity index (χ3n) is 3.99. The number of ether oxygens (including phenoxy) is 1. The normalized spacial score (nSPS) is 22.6. The highest BCUT2D eigenvalue weighted by Gasteiger charge is 2.31. The molecule has 0 aromatic heterocycles. The molecule has 1 atom stereocenters. The van der Waals surface area contributed by atoms with Gasteiger partial charge in [-0.3, -0.25) is 4.79 Å². The van der Waals surface area contributed by atoms with Gasteiger partial charge in [-0.1, -0.05) is 19.8 Å². The van der Waals surface area contributed by atoms with Crippen LogP contribution >= 0.6 is 0 Å². The van der Waals surface area contributed by atoms with E-state index in [1.54, 1.807) is 0 Å². The standard InChI is InChI=1S/C15H29NO2/c1-5-7-13-8-6-10-16(11-9-13)12-15(2,3)14(17)18-4/h13H,5-12H2,1-4H3. The lowest BCUT2D eigenvalue weighted by Gasteiger charge is -2.29. The van der Waals surface area contributed by atoms with E-state index >= 15 is 0 Å². The summed E-state index contributed by atoms with van der Waals surface area (Å²) < 4.78 is 4.88. The molecule has 0 N–H and O–H groups in total. The Hall–Kier alpha value is -0.570. The molecular weight excluding hydrogens is 226 g/mol. The van der Waals surface area contributed by atoms with Crippen molar-refractivity contribution in [2.24, 2.45) is 11.3 Å². The molecule has 0 amide bonds. The lowest BCUT2D eigenvalue weighted by Crippen LogP contribution is -2.40. The Morgan fingerprint density at radius 1 is 1.33 bits per heavy atom. The number of rotatable bonds is 5. The molecule has 3 nitrogen and oxygen atoms in total. The average Bonchev–Trinajstić information content (AvgIpc) is 2.54. The predicted octanol–water partition coefficient (Wildman–Crippen LogP) is 3.09. The maximum atomic E-state index is 11.7. The molecule has 1 heterocycles. The zero-order chi connectivity index (χ0) is 13.6. The van der Waals surface area contributed by atoms with E-state index in [2.05, 4.69) is 11.8 Å². The first-order valence-electron chi connectivity index (χ1n) is 7.30. The molecule has 1 saturated heterocycles. The molecule has 0 bridgehead atoms. The maximum absolute atomic E-state index is 11.7. The Bertz CT molecular complexity index is 263. The van der Waals surface area contributed by atoms with E-state index in [4.69, 9.17) is 4.74 Å². The van der Waals surface area contributed by atoms with Crippen molar-refractivity contribution in [2.45, 2.75) is 52.9 Å². The van der Waals surface area contributed by atoms with Gasteiger partial charge in [0.1, 0.15) is 0 Å². The first-order chi connectivity index (χ1) is 8.49. The van der Waals surface area contributed by atoms with Crippen molar-refractivity contribution in [3.63, 3.8) is 0 Å². The zero-order valence-corrected chi connectivity index (χ0v) is 12.5. The van der Waals surface area contributed by atoms with E-state index in [1.165, 1.54) is 39.2 Å². The highest BCUT2D eigenvalue weighted by molar-refractivity contribution is 5.76. The van der Waals surface area contributed by atoms with Crippen LogP contribution in [0, 0.1) is 11.3 Å². The van der Waals surface area contributed by atoms with E-state index in [1.807, 2.05) is 13.8 Å². The van der Waals surface area contributed by atoms with Crippen molar-refractivity contribution in [1.82, 2.24) is 4.90 Å². The molecule has 106 valence electrons. The smallest absolute Gasteiger partial charge is 0.312 e. The summed E-state index contributed by atoms with van der Waals surface area (Å²) in [4.78, 5) is 14.1. The van der Waals surface area contributed by atoms with Gasteiger partial charge in [0.25, 0.3) is 0 Å². The van der Waals surface area contributed by atoms with Crippen LogP contribution in [-0.2, 0) is 9.53 Å². The summed E-state index contributed by atoms with van der Waals surface area (Å²) in [7, 11) is 1.48. The lowest BCUT2D eigenvalue weighted by molar-refractivity contribution is -0.151.